The zero-order valence-corrected chi connectivity index (χ0v) is 12.6. The standard InChI is InChI=1S/C13H19ClN4O2/c1-13(2,3)12-16-9(14)6-10(17-12)18-4-5-20-7-8(18)11(15)19/h6,8H,4-5,7H2,1-3H3,(H2,15,19). The van der Waals surface area contributed by atoms with Crippen LogP contribution in [-0.4, -0.2) is 41.7 Å². The molecule has 0 saturated carbocycles. The topological polar surface area (TPSA) is 81.3 Å². The molecular weight excluding hydrogens is 280 g/mol. The Morgan fingerprint density at radius 1 is 1.50 bits per heavy atom. The number of rotatable bonds is 2. The van der Waals surface area contributed by atoms with Gasteiger partial charge in [0.1, 0.15) is 22.8 Å². The Balaban J connectivity index is 2.40. The quantitative estimate of drug-likeness (QED) is 0.827. The van der Waals surface area contributed by atoms with E-state index in [1.54, 1.807) is 6.07 Å². The number of halogens is 1. The number of anilines is 1. The third-order valence-electron chi connectivity index (χ3n) is 3.10. The van der Waals surface area contributed by atoms with Crippen LogP contribution < -0.4 is 10.6 Å². The Bertz CT molecular complexity index is 516. The van der Waals surface area contributed by atoms with Gasteiger partial charge in [-0.05, 0) is 0 Å². The molecule has 0 radical (unpaired) electrons. The smallest absolute Gasteiger partial charge is 0.242 e. The Kier molecular flexibility index (Phi) is 4.15. The number of morpholine rings is 1. The first-order valence-corrected chi connectivity index (χ1v) is 6.85. The molecule has 1 aromatic heterocycles. The van der Waals surface area contributed by atoms with Gasteiger partial charge in [-0.1, -0.05) is 32.4 Å². The average molecular weight is 299 g/mol. The highest BCUT2D eigenvalue weighted by Gasteiger charge is 2.30. The summed E-state index contributed by atoms with van der Waals surface area (Å²) in [6.45, 7) is 7.36. The summed E-state index contributed by atoms with van der Waals surface area (Å²) in [5.41, 5.74) is 5.19. The molecule has 0 spiro atoms. The molecule has 1 saturated heterocycles. The van der Waals surface area contributed by atoms with E-state index in [-0.39, 0.29) is 12.0 Å². The van der Waals surface area contributed by atoms with Crippen molar-refractivity contribution >= 4 is 23.3 Å². The van der Waals surface area contributed by atoms with E-state index in [0.717, 1.165) is 0 Å². The number of hydrogen-bond acceptors (Lipinski definition) is 5. The summed E-state index contributed by atoms with van der Waals surface area (Å²) in [7, 11) is 0. The number of primary amides is 1. The van der Waals surface area contributed by atoms with Crippen molar-refractivity contribution in [1.29, 1.82) is 0 Å². The Hall–Kier alpha value is -1.40. The molecule has 1 amide bonds. The van der Waals surface area contributed by atoms with Crippen molar-refractivity contribution < 1.29 is 9.53 Å². The normalized spacial score (nSPS) is 20.0. The Morgan fingerprint density at radius 3 is 2.80 bits per heavy atom. The number of amides is 1. The number of aromatic nitrogens is 2. The van der Waals surface area contributed by atoms with Gasteiger partial charge in [0.15, 0.2) is 0 Å². The Labute approximate surface area is 123 Å². The second kappa shape index (κ2) is 5.54. The fourth-order valence-electron chi connectivity index (χ4n) is 2.00. The lowest BCUT2D eigenvalue weighted by Crippen LogP contribution is -2.53. The second-order valence-electron chi connectivity index (χ2n) is 5.81. The number of nitrogens with zero attached hydrogens (tertiary/aromatic N) is 3. The van der Waals surface area contributed by atoms with Crippen molar-refractivity contribution in [2.75, 3.05) is 24.7 Å². The molecule has 1 aliphatic heterocycles. The lowest BCUT2D eigenvalue weighted by atomic mass is 9.96. The van der Waals surface area contributed by atoms with E-state index in [0.29, 0.717) is 29.9 Å². The summed E-state index contributed by atoms with van der Waals surface area (Å²) in [5, 5.41) is 0.356. The average Bonchev–Trinajstić information content (AvgIpc) is 2.37. The number of carbonyl (C=O) groups excluding carboxylic acids is 1. The SMILES string of the molecule is CC(C)(C)c1nc(Cl)cc(N2CCOCC2C(N)=O)n1. The van der Waals surface area contributed by atoms with E-state index < -0.39 is 11.9 Å². The van der Waals surface area contributed by atoms with Crippen molar-refractivity contribution in [3.8, 4) is 0 Å². The highest BCUT2D eigenvalue weighted by atomic mass is 35.5. The minimum atomic E-state index is -0.525. The Morgan fingerprint density at radius 2 is 2.20 bits per heavy atom. The zero-order chi connectivity index (χ0) is 14.9. The maximum Gasteiger partial charge on any atom is 0.242 e. The predicted octanol–water partition coefficient (Wildman–Crippen LogP) is 1.12. The third-order valence-corrected chi connectivity index (χ3v) is 3.30. The molecule has 0 aliphatic carbocycles. The molecule has 1 aromatic rings. The molecule has 1 unspecified atom stereocenters. The summed E-state index contributed by atoms with van der Waals surface area (Å²) >= 11 is 6.08. The second-order valence-corrected chi connectivity index (χ2v) is 6.20. The van der Waals surface area contributed by atoms with Gasteiger partial charge in [-0.2, -0.15) is 0 Å². The molecule has 0 aromatic carbocycles. The first-order chi connectivity index (χ1) is 9.29. The number of ether oxygens (including phenoxy) is 1. The molecule has 7 heteroatoms. The molecule has 2 N–H and O–H groups in total. The summed E-state index contributed by atoms with van der Waals surface area (Å²) in [6, 6.07) is 1.13. The number of carbonyl (C=O) groups is 1. The summed E-state index contributed by atoms with van der Waals surface area (Å²) < 4.78 is 5.30. The zero-order valence-electron chi connectivity index (χ0n) is 11.9. The predicted molar refractivity (Wildman–Crippen MR) is 76.9 cm³/mol. The number of nitrogens with two attached hydrogens (primary N) is 1. The van der Waals surface area contributed by atoms with Gasteiger partial charge in [-0.3, -0.25) is 4.79 Å². The molecule has 0 bridgehead atoms. The first-order valence-electron chi connectivity index (χ1n) is 6.48. The van der Waals surface area contributed by atoms with Crippen LogP contribution in [0, 0.1) is 0 Å². The molecule has 2 rings (SSSR count). The largest absolute Gasteiger partial charge is 0.377 e. The molecule has 2 heterocycles. The molecule has 1 atom stereocenters. The van der Waals surface area contributed by atoms with E-state index in [1.165, 1.54) is 0 Å². The molecule has 6 nitrogen and oxygen atoms in total. The van der Waals surface area contributed by atoms with Gasteiger partial charge in [-0.25, -0.2) is 9.97 Å². The maximum atomic E-state index is 11.5. The van der Waals surface area contributed by atoms with Crippen LogP contribution in [0.4, 0.5) is 5.82 Å². The number of hydrogen-bond donors (Lipinski definition) is 1. The maximum absolute atomic E-state index is 11.5. The van der Waals surface area contributed by atoms with Gasteiger partial charge < -0.3 is 15.4 Å². The first kappa shape index (κ1) is 15.0. The van der Waals surface area contributed by atoms with Gasteiger partial charge in [0, 0.05) is 18.0 Å². The van der Waals surface area contributed by atoms with E-state index >= 15 is 0 Å². The summed E-state index contributed by atoms with van der Waals surface area (Å²) in [4.78, 5) is 22.1. The monoisotopic (exact) mass is 298 g/mol. The molecular formula is C13H19ClN4O2. The molecule has 110 valence electrons. The van der Waals surface area contributed by atoms with Crippen LogP contribution in [0.3, 0.4) is 0 Å². The van der Waals surface area contributed by atoms with Crippen molar-refractivity contribution in [2.45, 2.75) is 32.2 Å². The highest BCUT2D eigenvalue weighted by Crippen LogP contribution is 2.25. The van der Waals surface area contributed by atoms with Crippen LogP contribution in [-0.2, 0) is 14.9 Å². The van der Waals surface area contributed by atoms with Crippen molar-refractivity contribution in [3.05, 3.63) is 17.0 Å². The minimum absolute atomic E-state index is 0.228. The summed E-state index contributed by atoms with van der Waals surface area (Å²) in [5.74, 6) is 0.813. The van der Waals surface area contributed by atoms with E-state index in [4.69, 9.17) is 22.1 Å². The van der Waals surface area contributed by atoms with Crippen molar-refractivity contribution in [1.82, 2.24) is 9.97 Å². The van der Waals surface area contributed by atoms with Gasteiger partial charge in [0.2, 0.25) is 5.91 Å². The fraction of sp³-hybridized carbons (Fsp3) is 0.615. The van der Waals surface area contributed by atoms with E-state index in [1.807, 2.05) is 25.7 Å². The van der Waals surface area contributed by atoms with Crippen LogP contribution in [0.5, 0.6) is 0 Å². The van der Waals surface area contributed by atoms with Crippen LogP contribution >= 0.6 is 11.6 Å². The highest BCUT2D eigenvalue weighted by molar-refractivity contribution is 6.29. The molecule has 20 heavy (non-hydrogen) atoms. The van der Waals surface area contributed by atoms with Gasteiger partial charge in [-0.15, -0.1) is 0 Å². The lowest BCUT2D eigenvalue weighted by Gasteiger charge is -2.35. The van der Waals surface area contributed by atoms with E-state index in [9.17, 15) is 4.79 Å². The van der Waals surface area contributed by atoms with Crippen molar-refractivity contribution in [2.24, 2.45) is 5.73 Å². The minimum Gasteiger partial charge on any atom is -0.377 e. The van der Waals surface area contributed by atoms with E-state index in [2.05, 4.69) is 9.97 Å². The fourth-order valence-corrected chi connectivity index (χ4v) is 2.18. The summed E-state index contributed by atoms with van der Waals surface area (Å²) in [6.07, 6.45) is 0. The van der Waals surface area contributed by atoms with Gasteiger partial charge in [0.05, 0.1) is 13.2 Å². The molecule has 1 aliphatic rings. The van der Waals surface area contributed by atoms with Crippen LogP contribution in [0.15, 0.2) is 6.07 Å². The molecule has 1 fully saturated rings. The van der Waals surface area contributed by atoms with Gasteiger partial charge >= 0.3 is 0 Å². The van der Waals surface area contributed by atoms with Crippen LogP contribution in [0.1, 0.15) is 26.6 Å². The van der Waals surface area contributed by atoms with Crippen LogP contribution in [0.2, 0.25) is 5.15 Å². The van der Waals surface area contributed by atoms with Crippen LogP contribution in [0.25, 0.3) is 0 Å². The third kappa shape index (κ3) is 3.19. The lowest BCUT2D eigenvalue weighted by molar-refractivity contribution is -0.121. The van der Waals surface area contributed by atoms with Gasteiger partial charge in [0.25, 0.3) is 0 Å². The van der Waals surface area contributed by atoms with Crippen molar-refractivity contribution in [3.63, 3.8) is 0 Å².